The summed E-state index contributed by atoms with van der Waals surface area (Å²) in [6.07, 6.45) is 7.64. The molecule has 0 N–H and O–H groups in total. The number of aromatic nitrogens is 2. The molecule has 1 radical (unpaired) electrons. The van der Waals surface area contributed by atoms with Crippen LogP contribution in [-0.4, -0.2) is 9.55 Å². The van der Waals surface area contributed by atoms with Gasteiger partial charge < -0.3 is 4.57 Å². The van der Waals surface area contributed by atoms with Crippen molar-refractivity contribution in [1.82, 2.24) is 9.55 Å². The highest BCUT2D eigenvalue weighted by atomic mass is 15.0. The van der Waals surface area contributed by atoms with E-state index in [-0.39, 0.29) is 0 Å². The highest BCUT2D eigenvalue weighted by Crippen LogP contribution is 2.08. The predicted octanol–water partition coefficient (Wildman–Crippen LogP) is 2.23. The second-order valence-corrected chi connectivity index (χ2v) is 3.40. The second kappa shape index (κ2) is 4.09. The molecule has 2 rings (SSSR count). The Morgan fingerprint density at radius 1 is 1.36 bits per heavy atom. The maximum absolute atomic E-state index is 3.89. The Morgan fingerprint density at radius 3 is 2.93 bits per heavy atom. The average molecular weight is 185 g/mol. The summed E-state index contributed by atoms with van der Waals surface area (Å²) in [6, 6.07) is 8.47. The molecule has 0 saturated heterocycles. The van der Waals surface area contributed by atoms with E-state index in [1.807, 2.05) is 10.8 Å². The molecule has 0 aliphatic rings. The van der Waals surface area contributed by atoms with Crippen LogP contribution >= 0.6 is 0 Å². The minimum Gasteiger partial charge on any atom is -0.328 e. The number of aryl methyl sites for hydroxylation is 3. The molecule has 0 fully saturated rings. The van der Waals surface area contributed by atoms with E-state index in [0.29, 0.717) is 0 Å². The van der Waals surface area contributed by atoms with Gasteiger partial charge in [0.2, 0.25) is 0 Å². The highest BCUT2D eigenvalue weighted by molar-refractivity contribution is 5.25. The van der Waals surface area contributed by atoms with E-state index in [2.05, 4.69) is 42.5 Å². The number of benzene rings is 1. The Kier molecular flexibility index (Phi) is 2.63. The molecule has 2 aromatic rings. The Labute approximate surface area is 84.2 Å². The number of nitrogens with zero attached hydrogens (tertiary/aromatic N) is 2. The number of rotatable bonds is 3. The molecule has 0 saturated carbocycles. The van der Waals surface area contributed by atoms with E-state index in [1.54, 1.807) is 6.20 Å². The van der Waals surface area contributed by atoms with Gasteiger partial charge in [0.15, 0.2) is 6.33 Å². The number of hydrogen-bond donors (Lipinski definition) is 0. The van der Waals surface area contributed by atoms with Gasteiger partial charge in [-0.2, -0.15) is 0 Å². The minimum absolute atomic E-state index is 0.949. The van der Waals surface area contributed by atoms with Crippen LogP contribution in [0.1, 0.15) is 11.1 Å². The Bertz CT molecular complexity index is 390. The van der Waals surface area contributed by atoms with E-state index in [1.165, 1.54) is 11.1 Å². The third-order valence-corrected chi connectivity index (χ3v) is 2.39. The van der Waals surface area contributed by atoms with Crippen LogP contribution in [0.2, 0.25) is 0 Å². The maximum Gasteiger partial charge on any atom is 0.176 e. The maximum atomic E-state index is 3.89. The van der Waals surface area contributed by atoms with Gasteiger partial charge in [-0.1, -0.05) is 24.3 Å². The van der Waals surface area contributed by atoms with Crippen LogP contribution in [0.4, 0.5) is 0 Å². The van der Waals surface area contributed by atoms with Gasteiger partial charge in [-0.3, -0.25) is 0 Å². The van der Waals surface area contributed by atoms with Gasteiger partial charge in [0.25, 0.3) is 0 Å². The summed E-state index contributed by atoms with van der Waals surface area (Å²) in [6.45, 7) is 3.10. The second-order valence-electron chi connectivity index (χ2n) is 3.40. The molecular formula is C12H13N2. The molecule has 2 heteroatoms. The van der Waals surface area contributed by atoms with Crippen molar-refractivity contribution >= 4 is 0 Å². The first-order valence-corrected chi connectivity index (χ1v) is 4.79. The molecule has 1 heterocycles. The summed E-state index contributed by atoms with van der Waals surface area (Å²) in [7, 11) is 0. The van der Waals surface area contributed by atoms with E-state index >= 15 is 0 Å². The molecule has 0 aliphatic heterocycles. The van der Waals surface area contributed by atoms with Crippen molar-refractivity contribution in [3.05, 3.63) is 54.1 Å². The molecule has 0 atom stereocenters. The number of imidazole rings is 1. The summed E-state index contributed by atoms with van der Waals surface area (Å²) in [5.41, 5.74) is 2.75. The SMILES string of the molecule is Cc1ccccc1CCn1[c]ncc1. The molecule has 0 spiro atoms. The summed E-state index contributed by atoms with van der Waals surface area (Å²) in [5, 5.41) is 0. The zero-order valence-corrected chi connectivity index (χ0v) is 8.27. The molecule has 0 amide bonds. The van der Waals surface area contributed by atoms with Crippen molar-refractivity contribution in [3.8, 4) is 0 Å². The van der Waals surface area contributed by atoms with Crippen molar-refractivity contribution in [2.75, 3.05) is 0 Å². The quantitative estimate of drug-likeness (QED) is 0.717. The topological polar surface area (TPSA) is 17.8 Å². The first-order valence-electron chi connectivity index (χ1n) is 4.79. The molecule has 2 nitrogen and oxygen atoms in total. The van der Waals surface area contributed by atoms with E-state index in [0.717, 1.165) is 13.0 Å². The van der Waals surface area contributed by atoms with Gasteiger partial charge in [0.05, 0.1) is 0 Å². The van der Waals surface area contributed by atoms with Gasteiger partial charge in [-0.25, -0.2) is 4.98 Å². The lowest BCUT2D eigenvalue weighted by Gasteiger charge is -2.05. The van der Waals surface area contributed by atoms with Crippen LogP contribution in [0, 0.1) is 13.3 Å². The highest BCUT2D eigenvalue weighted by Gasteiger charge is 1.97. The van der Waals surface area contributed by atoms with Crippen molar-refractivity contribution in [2.45, 2.75) is 19.9 Å². The van der Waals surface area contributed by atoms with Gasteiger partial charge in [-0.15, -0.1) is 0 Å². The fourth-order valence-corrected chi connectivity index (χ4v) is 1.51. The Hall–Kier alpha value is -1.57. The van der Waals surface area contributed by atoms with Crippen molar-refractivity contribution in [2.24, 2.45) is 0 Å². The summed E-state index contributed by atoms with van der Waals surface area (Å²) < 4.78 is 1.98. The van der Waals surface area contributed by atoms with Crippen molar-refractivity contribution < 1.29 is 0 Å². The molecule has 0 aliphatic carbocycles. The lowest BCUT2D eigenvalue weighted by molar-refractivity contribution is 0.688. The van der Waals surface area contributed by atoms with Crippen LogP contribution in [0.15, 0.2) is 36.7 Å². The molecule has 1 aromatic carbocycles. The zero-order valence-electron chi connectivity index (χ0n) is 8.27. The molecule has 0 unspecified atom stereocenters. The fraction of sp³-hybridized carbons (Fsp3) is 0.250. The van der Waals surface area contributed by atoms with E-state index in [9.17, 15) is 0 Å². The predicted molar refractivity (Wildman–Crippen MR) is 55.9 cm³/mol. The van der Waals surface area contributed by atoms with Crippen LogP contribution in [0.5, 0.6) is 0 Å². The molecule has 14 heavy (non-hydrogen) atoms. The third-order valence-electron chi connectivity index (χ3n) is 2.39. The summed E-state index contributed by atoms with van der Waals surface area (Å²) in [5.74, 6) is 0. The standard InChI is InChI=1S/C12H13N2/c1-11-4-2-3-5-12(11)6-8-14-9-7-13-10-14/h2-5,7,9H,6,8H2,1H3. The summed E-state index contributed by atoms with van der Waals surface area (Å²) >= 11 is 0. The largest absolute Gasteiger partial charge is 0.328 e. The van der Waals surface area contributed by atoms with Gasteiger partial charge in [-0.05, 0) is 24.5 Å². The monoisotopic (exact) mass is 185 g/mol. The number of hydrogen-bond acceptors (Lipinski definition) is 1. The minimum atomic E-state index is 0.949. The lowest BCUT2D eigenvalue weighted by atomic mass is 10.1. The van der Waals surface area contributed by atoms with Crippen molar-refractivity contribution in [3.63, 3.8) is 0 Å². The normalized spacial score (nSPS) is 10.4. The zero-order chi connectivity index (χ0) is 9.80. The first-order chi connectivity index (χ1) is 6.86. The van der Waals surface area contributed by atoms with E-state index < -0.39 is 0 Å². The van der Waals surface area contributed by atoms with Crippen LogP contribution in [0.3, 0.4) is 0 Å². The Morgan fingerprint density at radius 2 is 2.21 bits per heavy atom. The Balaban J connectivity index is 2.02. The lowest BCUT2D eigenvalue weighted by Crippen LogP contribution is -2.00. The van der Waals surface area contributed by atoms with E-state index in [4.69, 9.17) is 0 Å². The molecular weight excluding hydrogens is 172 g/mol. The molecule has 0 bridgehead atoms. The van der Waals surface area contributed by atoms with Gasteiger partial charge in [0.1, 0.15) is 0 Å². The van der Waals surface area contributed by atoms with Crippen molar-refractivity contribution in [1.29, 1.82) is 0 Å². The smallest absolute Gasteiger partial charge is 0.176 e. The fourth-order valence-electron chi connectivity index (χ4n) is 1.51. The first kappa shape index (κ1) is 9.00. The van der Waals surface area contributed by atoms with Crippen LogP contribution < -0.4 is 0 Å². The third kappa shape index (κ3) is 2.02. The molecule has 1 aromatic heterocycles. The van der Waals surface area contributed by atoms with Gasteiger partial charge in [0, 0.05) is 18.9 Å². The summed E-state index contributed by atoms with van der Waals surface area (Å²) in [4.78, 5) is 3.89. The van der Waals surface area contributed by atoms with Crippen LogP contribution in [-0.2, 0) is 13.0 Å². The molecule has 71 valence electrons. The van der Waals surface area contributed by atoms with Gasteiger partial charge >= 0.3 is 0 Å². The average Bonchev–Trinajstić information content (AvgIpc) is 2.69. The van der Waals surface area contributed by atoms with Crippen LogP contribution in [0.25, 0.3) is 0 Å².